The molecule has 4 rings (SSSR count). The van der Waals surface area contributed by atoms with Gasteiger partial charge in [0.1, 0.15) is 5.78 Å². The van der Waals surface area contributed by atoms with Crippen LogP contribution in [0.25, 0.3) is 0 Å². The number of carbonyl (C=O) groups excluding carboxylic acids is 1. The van der Waals surface area contributed by atoms with Gasteiger partial charge in [0.25, 0.3) is 0 Å². The molecule has 4 aliphatic rings. The van der Waals surface area contributed by atoms with Gasteiger partial charge < -0.3 is 10.2 Å². The van der Waals surface area contributed by atoms with Crippen LogP contribution in [0, 0.1) is 23.7 Å². The summed E-state index contributed by atoms with van der Waals surface area (Å²) >= 11 is 0. The normalized spacial score (nSPS) is 57.4. The van der Waals surface area contributed by atoms with Gasteiger partial charge in [-0.05, 0) is 63.2 Å². The van der Waals surface area contributed by atoms with E-state index in [1.165, 1.54) is 0 Å². The van der Waals surface area contributed by atoms with Crippen LogP contribution < -0.4 is 0 Å². The summed E-state index contributed by atoms with van der Waals surface area (Å²) in [6.07, 6.45) is 7.12. The van der Waals surface area contributed by atoms with E-state index in [2.05, 4.69) is 0 Å². The van der Waals surface area contributed by atoms with Gasteiger partial charge in [-0.1, -0.05) is 0 Å². The van der Waals surface area contributed by atoms with Crippen molar-refractivity contribution in [2.45, 2.75) is 62.6 Å². The van der Waals surface area contributed by atoms with Crippen LogP contribution in [-0.2, 0) is 4.79 Å². The van der Waals surface area contributed by atoms with Crippen LogP contribution in [0.15, 0.2) is 0 Å². The molecule has 0 aromatic heterocycles. The monoisotopic (exact) mass is 250 g/mol. The number of hydrogen-bond acceptors (Lipinski definition) is 3. The molecule has 0 saturated heterocycles. The number of ketones is 1. The predicted molar refractivity (Wildman–Crippen MR) is 65.8 cm³/mol. The summed E-state index contributed by atoms with van der Waals surface area (Å²) in [5, 5.41) is 21.2. The maximum Gasteiger partial charge on any atom is 0.144 e. The molecule has 0 radical (unpaired) electrons. The van der Waals surface area contributed by atoms with Crippen molar-refractivity contribution in [2.75, 3.05) is 0 Å². The second-order valence-corrected chi connectivity index (χ2v) is 7.40. The standard InChI is InChI=1S/C15H22O3/c16-13(11-5-9-1-3-14(11,17)7-9)12-6-10-2-4-15(12,18)8-10/h9-12,17-18H,1-8H2. The maximum absolute atomic E-state index is 12.7. The Hall–Kier alpha value is -0.410. The van der Waals surface area contributed by atoms with Crippen LogP contribution in [0.3, 0.4) is 0 Å². The van der Waals surface area contributed by atoms with Crippen molar-refractivity contribution in [1.82, 2.24) is 0 Å². The fourth-order valence-electron chi connectivity index (χ4n) is 5.46. The second-order valence-electron chi connectivity index (χ2n) is 7.40. The van der Waals surface area contributed by atoms with Gasteiger partial charge in [-0.2, -0.15) is 0 Å². The van der Waals surface area contributed by atoms with Gasteiger partial charge in [0, 0.05) is 11.8 Å². The minimum atomic E-state index is -0.722. The molecule has 4 fully saturated rings. The van der Waals surface area contributed by atoms with Gasteiger partial charge in [0.2, 0.25) is 0 Å². The summed E-state index contributed by atoms with van der Waals surface area (Å²) in [5.41, 5.74) is -1.44. The molecule has 4 bridgehead atoms. The summed E-state index contributed by atoms with van der Waals surface area (Å²) in [6, 6.07) is 0. The second kappa shape index (κ2) is 3.37. The Bertz CT molecular complexity index is 371. The highest BCUT2D eigenvalue weighted by atomic mass is 16.3. The molecule has 3 heteroatoms. The minimum Gasteiger partial charge on any atom is -0.389 e. The molecule has 4 saturated carbocycles. The van der Waals surface area contributed by atoms with Crippen molar-refractivity contribution < 1.29 is 15.0 Å². The molecule has 2 N–H and O–H groups in total. The number of rotatable bonds is 2. The first kappa shape index (κ1) is 11.4. The van der Waals surface area contributed by atoms with Crippen LogP contribution >= 0.6 is 0 Å². The molecule has 0 spiro atoms. The van der Waals surface area contributed by atoms with Gasteiger partial charge >= 0.3 is 0 Å². The predicted octanol–water partition coefficient (Wildman–Crippen LogP) is 1.66. The summed E-state index contributed by atoms with van der Waals surface area (Å²) < 4.78 is 0. The van der Waals surface area contributed by atoms with Gasteiger partial charge in [-0.25, -0.2) is 0 Å². The molecule has 18 heavy (non-hydrogen) atoms. The van der Waals surface area contributed by atoms with Gasteiger partial charge in [0.15, 0.2) is 0 Å². The first-order chi connectivity index (χ1) is 8.50. The van der Waals surface area contributed by atoms with Crippen molar-refractivity contribution in [3.05, 3.63) is 0 Å². The van der Waals surface area contributed by atoms with Crippen LogP contribution in [0.4, 0.5) is 0 Å². The Morgan fingerprint density at radius 1 is 0.889 bits per heavy atom. The first-order valence-corrected chi connectivity index (χ1v) is 7.49. The first-order valence-electron chi connectivity index (χ1n) is 7.49. The molecule has 0 heterocycles. The van der Waals surface area contributed by atoms with Crippen molar-refractivity contribution in [1.29, 1.82) is 0 Å². The molecule has 100 valence electrons. The SMILES string of the molecule is O=C(C1CC2CCC1(O)C2)C1CC2CCC1(O)C2. The van der Waals surface area contributed by atoms with Crippen molar-refractivity contribution in [3.63, 3.8) is 0 Å². The topological polar surface area (TPSA) is 57.5 Å². The molecule has 6 unspecified atom stereocenters. The Labute approximate surface area is 108 Å². The van der Waals surface area contributed by atoms with Crippen LogP contribution in [0.5, 0.6) is 0 Å². The van der Waals surface area contributed by atoms with Crippen molar-refractivity contribution in [3.8, 4) is 0 Å². The van der Waals surface area contributed by atoms with E-state index in [4.69, 9.17) is 0 Å². The highest BCUT2D eigenvalue weighted by Gasteiger charge is 2.60. The minimum absolute atomic E-state index is 0.176. The third-order valence-corrected chi connectivity index (χ3v) is 6.38. The number of hydrogen-bond donors (Lipinski definition) is 2. The number of carbonyl (C=O) groups is 1. The molecule has 0 amide bonds. The van der Waals surface area contributed by atoms with E-state index in [0.29, 0.717) is 11.8 Å². The number of Topliss-reactive ketones (excluding diaryl/α,β-unsaturated/α-hetero) is 1. The highest BCUT2D eigenvalue weighted by molar-refractivity contribution is 5.86. The van der Waals surface area contributed by atoms with Gasteiger partial charge in [-0.15, -0.1) is 0 Å². The number of fused-ring (bicyclic) bond motifs is 4. The van der Waals surface area contributed by atoms with Crippen LogP contribution in [-0.4, -0.2) is 27.2 Å². The maximum atomic E-state index is 12.7. The average Bonchev–Trinajstić information content (AvgIpc) is 3.02. The molecular formula is C15H22O3. The smallest absolute Gasteiger partial charge is 0.144 e. The van der Waals surface area contributed by atoms with Crippen LogP contribution in [0.1, 0.15) is 51.4 Å². The van der Waals surface area contributed by atoms with Crippen molar-refractivity contribution >= 4 is 5.78 Å². The molecule has 0 aromatic rings. The lowest BCUT2D eigenvalue weighted by Crippen LogP contribution is -2.46. The summed E-state index contributed by atoms with van der Waals surface area (Å²) in [6.45, 7) is 0. The lowest BCUT2D eigenvalue weighted by molar-refractivity contribution is -0.143. The fraction of sp³-hybridized carbons (Fsp3) is 0.933. The van der Waals surface area contributed by atoms with E-state index >= 15 is 0 Å². The van der Waals surface area contributed by atoms with Crippen LogP contribution in [0.2, 0.25) is 0 Å². The Morgan fingerprint density at radius 2 is 1.33 bits per heavy atom. The van der Waals surface area contributed by atoms with E-state index in [-0.39, 0.29) is 17.6 Å². The Kier molecular flexibility index (Phi) is 2.14. The summed E-state index contributed by atoms with van der Waals surface area (Å²) in [7, 11) is 0. The summed E-state index contributed by atoms with van der Waals surface area (Å²) in [4.78, 5) is 12.7. The molecule has 4 aliphatic carbocycles. The third-order valence-electron chi connectivity index (χ3n) is 6.38. The molecule has 3 nitrogen and oxygen atoms in total. The van der Waals surface area contributed by atoms with E-state index in [0.717, 1.165) is 51.4 Å². The largest absolute Gasteiger partial charge is 0.389 e. The van der Waals surface area contributed by atoms with Gasteiger partial charge in [-0.3, -0.25) is 4.79 Å². The average molecular weight is 250 g/mol. The number of aliphatic hydroxyl groups is 2. The van der Waals surface area contributed by atoms with E-state index in [1.54, 1.807) is 0 Å². The molecule has 0 aromatic carbocycles. The van der Waals surface area contributed by atoms with Gasteiger partial charge in [0.05, 0.1) is 11.2 Å². The van der Waals surface area contributed by atoms with E-state index < -0.39 is 11.2 Å². The van der Waals surface area contributed by atoms with Crippen molar-refractivity contribution in [2.24, 2.45) is 23.7 Å². The lowest BCUT2D eigenvalue weighted by Gasteiger charge is -2.36. The zero-order valence-corrected chi connectivity index (χ0v) is 10.8. The zero-order chi connectivity index (χ0) is 12.5. The summed E-state index contributed by atoms with van der Waals surface area (Å²) in [5.74, 6) is 0.938. The molecule has 6 atom stereocenters. The zero-order valence-electron chi connectivity index (χ0n) is 10.8. The lowest BCUT2D eigenvalue weighted by atomic mass is 9.72. The fourth-order valence-corrected chi connectivity index (χ4v) is 5.46. The molecular weight excluding hydrogens is 228 g/mol. The Balaban J connectivity index is 1.58. The third kappa shape index (κ3) is 1.35. The van der Waals surface area contributed by atoms with E-state index in [1.807, 2.05) is 0 Å². The Morgan fingerprint density at radius 3 is 1.61 bits per heavy atom. The van der Waals surface area contributed by atoms with E-state index in [9.17, 15) is 15.0 Å². The quantitative estimate of drug-likeness (QED) is 0.783. The molecule has 0 aliphatic heterocycles. The highest BCUT2D eigenvalue weighted by Crippen LogP contribution is 2.57.